The molecule has 0 unspecified atom stereocenters. The van der Waals surface area contributed by atoms with Crippen molar-refractivity contribution < 1.29 is 24.9 Å². The predicted octanol–water partition coefficient (Wildman–Crippen LogP) is 5.17. The standard InChI is InChI=1S/C29H44O5/c1-6-29(33,7-2)16-14-27(32)34-20(4)23-12-13-24-22(9-8-15-28(23,24)5)11-10-21-17-25(30)19(3)26(31)18-21/h10-11,14,16,20,23-26,30-31,33H,3,6-9,12-13,15,17-18H2,1-2,4-5H3/b16-14+,22-11+/t20-,23+,24-,25+,26+,28+/m0/s1. The van der Waals surface area contributed by atoms with Crippen molar-refractivity contribution in [2.24, 2.45) is 17.3 Å². The summed E-state index contributed by atoms with van der Waals surface area (Å²) >= 11 is 0. The fraction of sp³-hybridized carbons (Fsp3) is 0.690. The molecule has 0 amide bonds. The number of hydrogen-bond donors (Lipinski definition) is 3. The fourth-order valence-corrected chi connectivity index (χ4v) is 6.49. The number of ether oxygens (including phenoxy) is 1. The van der Waals surface area contributed by atoms with Gasteiger partial charge in [0.2, 0.25) is 0 Å². The zero-order chi connectivity index (χ0) is 25.1. The lowest BCUT2D eigenvalue weighted by molar-refractivity contribution is -0.147. The lowest BCUT2D eigenvalue weighted by Gasteiger charge is -2.43. The van der Waals surface area contributed by atoms with Gasteiger partial charge in [-0.25, -0.2) is 4.79 Å². The smallest absolute Gasteiger partial charge is 0.330 e. The van der Waals surface area contributed by atoms with E-state index in [0.717, 1.165) is 37.7 Å². The van der Waals surface area contributed by atoms with E-state index < -0.39 is 17.8 Å². The average molecular weight is 473 g/mol. The number of carbonyl (C=O) groups excluding carboxylic acids is 1. The van der Waals surface area contributed by atoms with E-state index in [0.29, 0.717) is 43.1 Å². The van der Waals surface area contributed by atoms with E-state index in [2.05, 4.69) is 25.7 Å². The molecule has 0 spiro atoms. The summed E-state index contributed by atoms with van der Waals surface area (Å²) in [5.41, 5.74) is 2.14. The maximum atomic E-state index is 12.5. The minimum Gasteiger partial charge on any atom is -0.459 e. The number of esters is 1. The molecule has 0 saturated heterocycles. The Morgan fingerprint density at radius 3 is 2.47 bits per heavy atom. The van der Waals surface area contributed by atoms with Gasteiger partial charge in [-0.2, -0.15) is 0 Å². The van der Waals surface area contributed by atoms with E-state index in [-0.39, 0.29) is 17.5 Å². The van der Waals surface area contributed by atoms with Crippen molar-refractivity contribution in [3.8, 4) is 0 Å². The first kappa shape index (κ1) is 26.9. The summed E-state index contributed by atoms with van der Waals surface area (Å²) in [5, 5.41) is 30.7. The molecule has 0 bridgehead atoms. The molecule has 3 aliphatic rings. The molecule has 3 aliphatic carbocycles. The van der Waals surface area contributed by atoms with Crippen LogP contribution in [0.2, 0.25) is 0 Å². The molecule has 5 heteroatoms. The van der Waals surface area contributed by atoms with Crippen LogP contribution in [0.15, 0.2) is 47.6 Å². The Hall–Kier alpha value is -1.69. The summed E-state index contributed by atoms with van der Waals surface area (Å²) < 4.78 is 5.82. The highest BCUT2D eigenvalue weighted by Crippen LogP contribution is 2.58. The van der Waals surface area contributed by atoms with Crippen molar-refractivity contribution in [3.05, 3.63) is 47.6 Å². The molecule has 3 rings (SSSR count). The third kappa shape index (κ3) is 5.75. The Morgan fingerprint density at radius 1 is 1.21 bits per heavy atom. The quantitative estimate of drug-likeness (QED) is 0.270. The Labute approximate surface area is 205 Å². The van der Waals surface area contributed by atoms with Crippen molar-refractivity contribution in [2.45, 2.75) is 109 Å². The van der Waals surface area contributed by atoms with E-state index in [1.54, 1.807) is 6.08 Å². The van der Waals surface area contributed by atoms with E-state index in [1.807, 2.05) is 20.8 Å². The summed E-state index contributed by atoms with van der Waals surface area (Å²) in [7, 11) is 0. The van der Waals surface area contributed by atoms with Gasteiger partial charge in [0, 0.05) is 12.0 Å². The van der Waals surface area contributed by atoms with Gasteiger partial charge in [-0.3, -0.25) is 0 Å². The molecule has 5 nitrogen and oxygen atoms in total. The van der Waals surface area contributed by atoms with Crippen LogP contribution in [0, 0.1) is 17.3 Å². The van der Waals surface area contributed by atoms with Crippen LogP contribution in [0.3, 0.4) is 0 Å². The second kappa shape index (κ2) is 10.9. The number of fused-ring (bicyclic) bond motifs is 1. The fourth-order valence-electron chi connectivity index (χ4n) is 6.49. The lowest BCUT2D eigenvalue weighted by atomic mass is 9.62. The largest absolute Gasteiger partial charge is 0.459 e. The molecule has 0 aromatic carbocycles. The highest BCUT2D eigenvalue weighted by atomic mass is 16.5. The van der Waals surface area contributed by atoms with Gasteiger partial charge in [0.1, 0.15) is 6.10 Å². The number of aliphatic hydroxyl groups excluding tert-OH is 2. The van der Waals surface area contributed by atoms with Gasteiger partial charge >= 0.3 is 5.97 Å². The Morgan fingerprint density at radius 2 is 1.85 bits per heavy atom. The Bertz CT molecular complexity index is 833. The van der Waals surface area contributed by atoms with Crippen molar-refractivity contribution >= 4 is 5.97 Å². The van der Waals surface area contributed by atoms with Crippen molar-refractivity contribution in [3.63, 3.8) is 0 Å². The summed E-state index contributed by atoms with van der Waals surface area (Å²) in [6.07, 6.45) is 13.4. The maximum absolute atomic E-state index is 12.5. The molecule has 0 heterocycles. The van der Waals surface area contributed by atoms with Crippen LogP contribution in [0.1, 0.15) is 85.5 Å². The summed E-state index contributed by atoms with van der Waals surface area (Å²) in [6.45, 7) is 12.0. The minimum absolute atomic E-state index is 0.0828. The second-order valence-corrected chi connectivity index (χ2v) is 11.0. The average Bonchev–Trinajstić information content (AvgIpc) is 3.17. The molecule has 3 fully saturated rings. The zero-order valence-electron chi connectivity index (χ0n) is 21.4. The third-order valence-electron chi connectivity index (χ3n) is 8.96. The summed E-state index contributed by atoms with van der Waals surface area (Å²) in [5.74, 6) is 0.370. The van der Waals surface area contributed by atoms with Crippen LogP contribution in [0.4, 0.5) is 0 Å². The van der Waals surface area contributed by atoms with E-state index >= 15 is 0 Å². The molecule has 0 aliphatic heterocycles. The molecule has 3 N–H and O–H groups in total. The first-order chi connectivity index (χ1) is 16.0. The van der Waals surface area contributed by atoms with Crippen molar-refractivity contribution in [2.75, 3.05) is 0 Å². The van der Waals surface area contributed by atoms with E-state index in [1.165, 1.54) is 11.6 Å². The van der Waals surface area contributed by atoms with Crippen LogP contribution >= 0.6 is 0 Å². The van der Waals surface area contributed by atoms with Gasteiger partial charge in [-0.05, 0) is 87.7 Å². The van der Waals surface area contributed by atoms with Gasteiger partial charge in [-0.1, -0.05) is 50.6 Å². The molecule has 3 saturated carbocycles. The minimum atomic E-state index is -0.956. The number of rotatable bonds is 7. The normalized spacial score (nSPS) is 34.4. The lowest BCUT2D eigenvalue weighted by Crippen LogP contribution is -2.39. The molecule has 34 heavy (non-hydrogen) atoms. The molecule has 0 aromatic heterocycles. The second-order valence-electron chi connectivity index (χ2n) is 11.0. The predicted molar refractivity (Wildman–Crippen MR) is 135 cm³/mol. The molecule has 6 atom stereocenters. The highest BCUT2D eigenvalue weighted by Gasteiger charge is 2.51. The van der Waals surface area contributed by atoms with E-state index in [4.69, 9.17) is 4.74 Å². The third-order valence-corrected chi connectivity index (χ3v) is 8.96. The van der Waals surface area contributed by atoms with Crippen LogP contribution in [-0.2, 0) is 9.53 Å². The SMILES string of the molecule is C=C1[C@H](O)CC(=C/C=C2\CCC[C@]3(C)[C@@H]([C@H](C)OC(=O)/C=C/C(O)(CC)CC)CC[C@@H]23)C[C@H]1O. The Kier molecular flexibility index (Phi) is 8.65. The van der Waals surface area contributed by atoms with Crippen LogP contribution in [0.5, 0.6) is 0 Å². The monoisotopic (exact) mass is 472 g/mol. The molecular formula is C29H44O5. The molecular weight excluding hydrogens is 428 g/mol. The van der Waals surface area contributed by atoms with Gasteiger partial charge in [0.25, 0.3) is 0 Å². The first-order valence-electron chi connectivity index (χ1n) is 13.1. The van der Waals surface area contributed by atoms with Gasteiger partial charge in [0.05, 0.1) is 17.8 Å². The topological polar surface area (TPSA) is 87.0 Å². The molecule has 0 aromatic rings. The number of hydrogen-bond acceptors (Lipinski definition) is 5. The van der Waals surface area contributed by atoms with Gasteiger partial charge in [0.15, 0.2) is 0 Å². The van der Waals surface area contributed by atoms with E-state index in [9.17, 15) is 20.1 Å². The number of carbonyl (C=O) groups is 1. The highest BCUT2D eigenvalue weighted by molar-refractivity contribution is 5.82. The van der Waals surface area contributed by atoms with Crippen LogP contribution in [-0.4, -0.2) is 45.2 Å². The zero-order valence-corrected chi connectivity index (χ0v) is 21.4. The van der Waals surface area contributed by atoms with Crippen LogP contribution < -0.4 is 0 Å². The molecule has 0 radical (unpaired) electrons. The maximum Gasteiger partial charge on any atom is 0.330 e. The van der Waals surface area contributed by atoms with Crippen LogP contribution in [0.25, 0.3) is 0 Å². The van der Waals surface area contributed by atoms with Crippen molar-refractivity contribution in [1.29, 1.82) is 0 Å². The molecule has 190 valence electrons. The van der Waals surface area contributed by atoms with Crippen molar-refractivity contribution in [1.82, 2.24) is 0 Å². The Balaban J connectivity index is 1.68. The van der Waals surface area contributed by atoms with Gasteiger partial charge < -0.3 is 20.1 Å². The number of allylic oxidation sites excluding steroid dienone is 3. The van der Waals surface area contributed by atoms with Gasteiger partial charge in [-0.15, -0.1) is 0 Å². The number of aliphatic hydroxyl groups is 3. The summed E-state index contributed by atoms with van der Waals surface area (Å²) in [4.78, 5) is 12.5. The summed E-state index contributed by atoms with van der Waals surface area (Å²) in [6, 6.07) is 0. The first-order valence-corrected chi connectivity index (χ1v) is 13.1.